The summed E-state index contributed by atoms with van der Waals surface area (Å²) in [5.41, 5.74) is 3.89. The minimum absolute atomic E-state index is 0.235. The zero-order valence-electron chi connectivity index (χ0n) is 14.2. The summed E-state index contributed by atoms with van der Waals surface area (Å²) in [5.74, 6) is -0.0202. The molecular formula is C19H16Cl2N4O. The summed E-state index contributed by atoms with van der Waals surface area (Å²) in [5, 5.41) is 6.66. The number of carbonyl (C=O) groups is 1. The van der Waals surface area contributed by atoms with Crippen molar-refractivity contribution in [2.24, 2.45) is 0 Å². The number of hydrogen-bond acceptors (Lipinski definition) is 4. The Hall–Kier alpha value is -2.63. The van der Waals surface area contributed by atoms with E-state index in [0.29, 0.717) is 21.7 Å². The van der Waals surface area contributed by atoms with Crippen LogP contribution in [0.1, 0.15) is 21.6 Å². The molecule has 0 aliphatic carbocycles. The number of hydrogen-bond donors (Lipinski definition) is 2. The summed E-state index contributed by atoms with van der Waals surface area (Å²) in [4.78, 5) is 20.9. The molecular weight excluding hydrogens is 371 g/mol. The van der Waals surface area contributed by atoms with E-state index in [1.54, 1.807) is 24.3 Å². The van der Waals surface area contributed by atoms with Gasteiger partial charge in [-0.3, -0.25) is 4.79 Å². The summed E-state index contributed by atoms with van der Waals surface area (Å²) in [6.07, 6.45) is 1.53. The number of benzene rings is 2. The van der Waals surface area contributed by atoms with E-state index in [0.717, 1.165) is 11.3 Å². The van der Waals surface area contributed by atoms with Crippen LogP contribution in [0.3, 0.4) is 0 Å². The molecule has 26 heavy (non-hydrogen) atoms. The molecule has 0 saturated heterocycles. The average molecular weight is 387 g/mol. The summed E-state index contributed by atoms with van der Waals surface area (Å²) < 4.78 is 0. The Morgan fingerprint density at radius 1 is 1.00 bits per heavy atom. The third kappa shape index (κ3) is 4.31. The lowest BCUT2D eigenvalue weighted by Crippen LogP contribution is -2.14. The van der Waals surface area contributed by atoms with Gasteiger partial charge >= 0.3 is 0 Å². The van der Waals surface area contributed by atoms with Crippen molar-refractivity contribution >= 4 is 46.4 Å². The van der Waals surface area contributed by atoms with Gasteiger partial charge in [-0.1, -0.05) is 40.9 Å². The first-order valence-corrected chi connectivity index (χ1v) is 8.62. The predicted molar refractivity (Wildman–Crippen MR) is 106 cm³/mol. The molecule has 1 amide bonds. The topological polar surface area (TPSA) is 66.9 Å². The van der Waals surface area contributed by atoms with Crippen LogP contribution in [-0.4, -0.2) is 15.9 Å². The quantitative estimate of drug-likeness (QED) is 0.629. The van der Waals surface area contributed by atoms with Crippen molar-refractivity contribution in [3.05, 3.63) is 75.5 Å². The molecule has 2 N–H and O–H groups in total. The lowest BCUT2D eigenvalue weighted by Gasteiger charge is -2.10. The standard InChI is InChI=1S/C19H16Cl2N4O/c1-11-3-6-16(12(2)9-11)24-19-22-8-7-17(25-19)18(26)23-13-4-5-14(20)15(21)10-13/h3-10H,1-2H3,(H,23,26)(H,22,24,25). The van der Waals surface area contributed by atoms with Crippen LogP contribution < -0.4 is 10.6 Å². The van der Waals surface area contributed by atoms with Gasteiger partial charge in [-0.2, -0.15) is 0 Å². The Morgan fingerprint density at radius 3 is 2.54 bits per heavy atom. The average Bonchev–Trinajstić information content (AvgIpc) is 2.61. The van der Waals surface area contributed by atoms with Gasteiger partial charge < -0.3 is 10.6 Å². The maximum Gasteiger partial charge on any atom is 0.274 e. The number of carbonyl (C=O) groups excluding carboxylic acids is 1. The Labute approximate surface area is 161 Å². The van der Waals surface area contributed by atoms with E-state index >= 15 is 0 Å². The number of rotatable bonds is 4. The smallest absolute Gasteiger partial charge is 0.274 e. The van der Waals surface area contributed by atoms with Crippen molar-refractivity contribution in [1.82, 2.24) is 9.97 Å². The Morgan fingerprint density at radius 2 is 1.81 bits per heavy atom. The van der Waals surface area contributed by atoms with Crippen LogP contribution >= 0.6 is 23.2 Å². The molecule has 3 rings (SSSR count). The van der Waals surface area contributed by atoms with Gasteiger partial charge in [0.1, 0.15) is 5.69 Å². The van der Waals surface area contributed by atoms with Crippen LogP contribution in [-0.2, 0) is 0 Å². The number of nitrogens with one attached hydrogen (secondary N) is 2. The minimum Gasteiger partial charge on any atom is -0.324 e. The molecule has 0 aliphatic rings. The van der Waals surface area contributed by atoms with E-state index in [2.05, 4.69) is 26.7 Å². The Balaban J connectivity index is 1.77. The largest absolute Gasteiger partial charge is 0.324 e. The lowest BCUT2D eigenvalue weighted by atomic mass is 10.1. The highest BCUT2D eigenvalue weighted by Gasteiger charge is 2.11. The zero-order chi connectivity index (χ0) is 18.7. The van der Waals surface area contributed by atoms with Gasteiger partial charge in [-0.15, -0.1) is 0 Å². The molecule has 0 fully saturated rings. The van der Waals surface area contributed by atoms with E-state index in [1.807, 2.05) is 26.0 Å². The van der Waals surface area contributed by atoms with Gasteiger partial charge in [0.15, 0.2) is 0 Å². The fourth-order valence-corrected chi connectivity index (χ4v) is 2.69. The highest BCUT2D eigenvalue weighted by atomic mass is 35.5. The van der Waals surface area contributed by atoms with E-state index in [9.17, 15) is 4.79 Å². The summed E-state index contributed by atoms with van der Waals surface area (Å²) >= 11 is 11.8. The summed E-state index contributed by atoms with van der Waals surface area (Å²) in [6.45, 7) is 4.03. The van der Waals surface area contributed by atoms with Gasteiger partial charge in [0.05, 0.1) is 10.0 Å². The van der Waals surface area contributed by atoms with Crippen molar-refractivity contribution < 1.29 is 4.79 Å². The number of aryl methyl sites for hydroxylation is 2. The number of amides is 1. The van der Waals surface area contributed by atoms with Crippen molar-refractivity contribution in [3.8, 4) is 0 Å². The van der Waals surface area contributed by atoms with Crippen molar-refractivity contribution in [2.75, 3.05) is 10.6 Å². The molecule has 0 radical (unpaired) electrons. The molecule has 1 aromatic heterocycles. The number of aromatic nitrogens is 2. The Bertz CT molecular complexity index is 976. The molecule has 0 unspecified atom stereocenters. The van der Waals surface area contributed by atoms with E-state index < -0.39 is 0 Å². The molecule has 0 spiro atoms. The van der Waals surface area contributed by atoms with Crippen LogP contribution in [0.4, 0.5) is 17.3 Å². The molecule has 7 heteroatoms. The molecule has 0 saturated carbocycles. The first kappa shape index (κ1) is 18.2. The molecule has 2 aromatic carbocycles. The third-order valence-corrected chi connectivity index (χ3v) is 4.43. The van der Waals surface area contributed by atoms with Crippen molar-refractivity contribution in [3.63, 3.8) is 0 Å². The van der Waals surface area contributed by atoms with Crippen molar-refractivity contribution in [2.45, 2.75) is 13.8 Å². The van der Waals surface area contributed by atoms with Gasteiger partial charge in [0, 0.05) is 17.6 Å². The second-order valence-corrected chi connectivity index (χ2v) is 6.61. The summed E-state index contributed by atoms with van der Waals surface area (Å²) in [7, 11) is 0. The van der Waals surface area contributed by atoms with Crippen LogP contribution in [0.2, 0.25) is 10.0 Å². The maximum atomic E-state index is 12.4. The van der Waals surface area contributed by atoms with Gasteiger partial charge in [-0.05, 0) is 49.7 Å². The first-order chi connectivity index (χ1) is 12.4. The Kier molecular flexibility index (Phi) is 5.40. The predicted octanol–water partition coefficient (Wildman–Crippen LogP) is 5.40. The van der Waals surface area contributed by atoms with E-state index in [1.165, 1.54) is 11.8 Å². The van der Waals surface area contributed by atoms with Gasteiger partial charge in [0.25, 0.3) is 5.91 Å². The van der Waals surface area contributed by atoms with Gasteiger partial charge in [-0.25, -0.2) is 9.97 Å². The highest BCUT2D eigenvalue weighted by Crippen LogP contribution is 2.25. The van der Waals surface area contributed by atoms with Crippen molar-refractivity contribution in [1.29, 1.82) is 0 Å². The first-order valence-electron chi connectivity index (χ1n) is 7.86. The number of nitrogens with zero attached hydrogens (tertiary/aromatic N) is 2. The third-order valence-electron chi connectivity index (χ3n) is 3.69. The molecule has 0 atom stereocenters. The normalized spacial score (nSPS) is 10.5. The molecule has 3 aromatic rings. The van der Waals surface area contributed by atoms with Crippen LogP contribution in [0, 0.1) is 13.8 Å². The van der Waals surface area contributed by atoms with Crippen LogP contribution in [0.25, 0.3) is 0 Å². The van der Waals surface area contributed by atoms with Crippen LogP contribution in [0.15, 0.2) is 48.7 Å². The molecule has 132 valence electrons. The molecule has 5 nitrogen and oxygen atoms in total. The van der Waals surface area contributed by atoms with E-state index in [4.69, 9.17) is 23.2 Å². The maximum absolute atomic E-state index is 12.4. The van der Waals surface area contributed by atoms with Gasteiger partial charge in [0.2, 0.25) is 5.95 Å². The molecule has 0 bridgehead atoms. The second kappa shape index (κ2) is 7.72. The number of halogens is 2. The van der Waals surface area contributed by atoms with Crippen LogP contribution in [0.5, 0.6) is 0 Å². The molecule has 1 heterocycles. The summed E-state index contributed by atoms with van der Waals surface area (Å²) in [6, 6.07) is 12.4. The molecule has 0 aliphatic heterocycles. The zero-order valence-corrected chi connectivity index (χ0v) is 15.7. The highest BCUT2D eigenvalue weighted by molar-refractivity contribution is 6.42. The SMILES string of the molecule is Cc1ccc(Nc2nccc(C(=O)Nc3ccc(Cl)c(Cl)c3)n2)c(C)c1. The van der Waals surface area contributed by atoms with E-state index in [-0.39, 0.29) is 11.6 Å². The fourth-order valence-electron chi connectivity index (χ4n) is 2.39. The fraction of sp³-hybridized carbons (Fsp3) is 0.105. The monoisotopic (exact) mass is 386 g/mol. The number of anilines is 3. The lowest BCUT2D eigenvalue weighted by molar-refractivity contribution is 0.102. The minimum atomic E-state index is -0.366. The second-order valence-electron chi connectivity index (χ2n) is 5.79.